The van der Waals surface area contributed by atoms with Gasteiger partial charge in [-0.1, -0.05) is 36.4 Å². The van der Waals surface area contributed by atoms with Crippen molar-refractivity contribution in [2.45, 2.75) is 32.7 Å². The van der Waals surface area contributed by atoms with Crippen molar-refractivity contribution in [3.8, 4) is 0 Å². The van der Waals surface area contributed by atoms with Crippen molar-refractivity contribution in [2.24, 2.45) is 0 Å². The summed E-state index contributed by atoms with van der Waals surface area (Å²) in [7, 11) is 0. The minimum atomic E-state index is -0.0611. The van der Waals surface area contributed by atoms with Crippen LogP contribution in [0.2, 0.25) is 0 Å². The lowest BCUT2D eigenvalue weighted by Gasteiger charge is -2.30. The largest absolute Gasteiger partial charge is 0.371 e. The average Bonchev–Trinajstić information content (AvgIpc) is 3.13. The number of nitrogens with one attached hydrogen (secondary N) is 2. The van der Waals surface area contributed by atoms with Crippen molar-refractivity contribution in [3.63, 3.8) is 0 Å². The molecule has 1 aromatic heterocycles. The van der Waals surface area contributed by atoms with Crippen LogP contribution in [0.25, 0.3) is 10.9 Å². The predicted octanol–water partition coefficient (Wildman–Crippen LogP) is 4.40. The van der Waals surface area contributed by atoms with Gasteiger partial charge in [0.15, 0.2) is 0 Å². The van der Waals surface area contributed by atoms with E-state index in [9.17, 15) is 4.79 Å². The number of benzene rings is 2. The number of fused-ring (bicyclic) bond motifs is 1. The Morgan fingerprint density at radius 1 is 1.08 bits per heavy atom. The molecule has 4 rings (SSSR count). The Kier molecular flexibility index (Phi) is 4.65. The van der Waals surface area contributed by atoms with Crippen molar-refractivity contribution in [2.75, 3.05) is 18.0 Å². The highest BCUT2D eigenvalue weighted by Crippen LogP contribution is 2.24. The van der Waals surface area contributed by atoms with Crippen LogP contribution < -0.4 is 10.2 Å². The van der Waals surface area contributed by atoms with E-state index < -0.39 is 0 Å². The number of aromatic nitrogens is 1. The van der Waals surface area contributed by atoms with E-state index in [1.165, 1.54) is 30.5 Å². The summed E-state index contributed by atoms with van der Waals surface area (Å²) in [5.41, 5.74) is 5.23. The molecule has 0 unspecified atom stereocenters. The fourth-order valence-electron chi connectivity index (χ4n) is 3.80. The molecular formula is C22H25N3O. The summed E-state index contributed by atoms with van der Waals surface area (Å²) in [5.74, 6) is -0.0611. The topological polar surface area (TPSA) is 48.1 Å². The molecule has 0 bridgehead atoms. The van der Waals surface area contributed by atoms with Crippen LogP contribution in [0.5, 0.6) is 0 Å². The molecule has 1 aliphatic heterocycles. The first-order valence-corrected chi connectivity index (χ1v) is 9.42. The maximum atomic E-state index is 12.6. The molecule has 26 heavy (non-hydrogen) atoms. The second kappa shape index (κ2) is 7.24. The molecule has 1 amide bonds. The molecule has 134 valence electrons. The zero-order chi connectivity index (χ0) is 17.9. The SMILES string of the molecule is Cc1cccc2cc(C(=O)NCc3ccccc3N3CCCCC3)[nH]c12. The van der Waals surface area contributed by atoms with E-state index in [0.717, 1.165) is 29.6 Å². The summed E-state index contributed by atoms with van der Waals surface area (Å²) in [6.07, 6.45) is 3.80. The van der Waals surface area contributed by atoms with Crippen molar-refractivity contribution in [1.82, 2.24) is 10.3 Å². The number of aryl methyl sites for hydroxylation is 1. The number of aromatic amines is 1. The number of hydrogen-bond donors (Lipinski definition) is 2. The second-order valence-corrected chi connectivity index (χ2v) is 7.08. The Balaban J connectivity index is 1.50. The van der Waals surface area contributed by atoms with Gasteiger partial charge >= 0.3 is 0 Å². The Bertz CT molecular complexity index is 922. The monoisotopic (exact) mass is 347 g/mol. The van der Waals surface area contributed by atoms with Crippen LogP contribution >= 0.6 is 0 Å². The summed E-state index contributed by atoms with van der Waals surface area (Å²) in [6, 6.07) is 16.4. The minimum absolute atomic E-state index is 0.0611. The summed E-state index contributed by atoms with van der Waals surface area (Å²) in [6.45, 7) is 4.80. The molecule has 1 fully saturated rings. The smallest absolute Gasteiger partial charge is 0.267 e. The first kappa shape index (κ1) is 16.7. The van der Waals surface area contributed by atoms with Gasteiger partial charge in [0.2, 0.25) is 0 Å². The number of anilines is 1. The molecule has 1 saturated heterocycles. The van der Waals surface area contributed by atoms with Crippen LogP contribution in [0, 0.1) is 6.92 Å². The Morgan fingerprint density at radius 3 is 2.69 bits per heavy atom. The Labute approximate surface area is 154 Å². The lowest BCUT2D eigenvalue weighted by Crippen LogP contribution is -2.31. The number of carbonyl (C=O) groups excluding carboxylic acids is 1. The third-order valence-electron chi connectivity index (χ3n) is 5.24. The van der Waals surface area contributed by atoms with Gasteiger partial charge in [-0.15, -0.1) is 0 Å². The highest BCUT2D eigenvalue weighted by Gasteiger charge is 2.15. The quantitative estimate of drug-likeness (QED) is 0.735. The van der Waals surface area contributed by atoms with Crippen molar-refractivity contribution < 1.29 is 4.79 Å². The fraction of sp³-hybridized carbons (Fsp3) is 0.318. The summed E-state index contributed by atoms with van der Waals surface area (Å²) >= 11 is 0. The molecule has 0 spiro atoms. The first-order chi connectivity index (χ1) is 12.7. The Morgan fingerprint density at radius 2 is 1.88 bits per heavy atom. The molecule has 4 nitrogen and oxygen atoms in total. The van der Waals surface area contributed by atoms with E-state index in [1.807, 2.05) is 24.3 Å². The number of para-hydroxylation sites is 2. The number of hydrogen-bond acceptors (Lipinski definition) is 2. The van der Waals surface area contributed by atoms with Gasteiger partial charge in [0.1, 0.15) is 5.69 Å². The first-order valence-electron chi connectivity index (χ1n) is 9.42. The molecule has 0 saturated carbocycles. The van der Waals surface area contributed by atoms with Crippen LogP contribution in [-0.4, -0.2) is 24.0 Å². The van der Waals surface area contributed by atoms with Gasteiger partial charge in [0, 0.05) is 36.2 Å². The standard InChI is InChI=1S/C22H25N3O/c1-16-8-7-10-17-14-19(24-21(16)17)22(26)23-15-18-9-3-4-11-20(18)25-12-5-2-6-13-25/h3-4,7-11,14,24H,2,5-6,12-13,15H2,1H3,(H,23,26). The maximum absolute atomic E-state index is 12.6. The molecule has 2 N–H and O–H groups in total. The van der Waals surface area contributed by atoms with E-state index in [4.69, 9.17) is 0 Å². The molecule has 3 aromatic rings. The van der Waals surface area contributed by atoms with E-state index in [2.05, 4.69) is 46.4 Å². The molecule has 4 heteroatoms. The van der Waals surface area contributed by atoms with Crippen LogP contribution in [0.4, 0.5) is 5.69 Å². The lowest BCUT2D eigenvalue weighted by atomic mass is 10.1. The summed E-state index contributed by atoms with van der Waals surface area (Å²) in [5, 5.41) is 4.15. The van der Waals surface area contributed by atoms with E-state index in [1.54, 1.807) is 0 Å². The molecule has 2 heterocycles. The van der Waals surface area contributed by atoms with Crippen LogP contribution in [0.1, 0.15) is 40.9 Å². The Hall–Kier alpha value is -2.75. The minimum Gasteiger partial charge on any atom is -0.371 e. The number of piperidine rings is 1. The van der Waals surface area contributed by atoms with Crippen molar-refractivity contribution >= 4 is 22.5 Å². The fourth-order valence-corrected chi connectivity index (χ4v) is 3.80. The van der Waals surface area contributed by atoms with E-state index in [0.29, 0.717) is 12.2 Å². The normalized spacial score (nSPS) is 14.6. The second-order valence-electron chi connectivity index (χ2n) is 7.08. The van der Waals surface area contributed by atoms with Gasteiger partial charge in [0.25, 0.3) is 5.91 Å². The van der Waals surface area contributed by atoms with Crippen molar-refractivity contribution in [3.05, 3.63) is 65.4 Å². The number of rotatable bonds is 4. The third-order valence-corrected chi connectivity index (χ3v) is 5.24. The van der Waals surface area contributed by atoms with Gasteiger partial charge in [0.05, 0.1) is 0 Å². The van der Waals surface area contributed by atoms with Gasteiger partial charge in [-0.05, 0) is 49.4 Å². The number of carbonyl (C=O) groups is 1. The zero-order valence-electron chi connectivity index (χ0n) is 15.2. The number of amides is 1. The van der Waals surface area contributed by atoms with Gasteiger partial charge in [-0.2, -0.15) is 0 Å². The summed E-state index contributed by atoms with van der Waals surface area (Å²) < 4.78 is 0. The number of nitrogens with zero attached hydrogens (tertiary/aromatic N) is 1. The van der Waals surface area contributed by atoms with E-state index >= 15 is 0 Å². The predicted molar refractivity (Wildman–Crippen MR) is 107 cm³/mol. The zero-order valence-corrected chi connectivity index (χ0v) is 15.2. The van der Waals surface area contributed by atoms with E-state index in [-0.39, 0.29) is 5.91 Å². The van der Waals surface area contributed by atoms with Crippen LogP contribution in [0.15, 0.2) is 48.5 Å². The van der Waals surface area contributed by atoms with Crippen LogP contribution in [0.3, 0.4) is 0 Å². The molecular weight excluding hydrogens is 322 g/mol. The molecule has 0 atom stereocenters. The maximum Gasteiger partial charge on any atom is 0.267 e. The van der Waals surface area contributed by atoms with Gasteiger partial charge < -0.3 is 15.2 Å². The number of H-pyrrole nitrogens is 1. The molecule has 2 aromatic carbocycles. The average molecular weight is 347 g/mol. The molecule has 1 aliphatic rings. The lowest BCUT2D eigenvalue weighted by molar-refractivity contribution is 0.0947. The van der Waals surface area contributed by atoms with Gasteiger partial charge in [-0.3, -0.25) is 4.79 Å². The van der Waals surface area contributed by atoms with Crippen LogP contribution in [-0.2, 0) is 6.54 Å². The highest BCUT2D eigenvalue weighted by molar-refractivity contribution is 5.98. The van der Waals surface area contributed by atoms with Gasteiger partial charge in [-0.25, -0.2) is 0 Å². The third kappa shape index (κ3) is 3.32. The molecule has 0 aliphatic carbocycles. The van der Waals surface area contributed by atoms with Crippen molar-refractivity contribution in [1.29, 1.82) is 0 Å². The molecule has 0 radical (unpaired) electrons. The summed E-state index contributed by atoms with van der Waals surface area (Å²) in [4.78, 5) is 18.3. The highest BCUT2D eigenvalue weighted by atomic mass is 16.1.